The zero-order valence-electron chi connectivity index (χ0n) is 32.8. The van der Waals surface area contributed by atoms with Crippen molar-refractivity contribution in [3.63, 3.8) is 0 Å². The predicted octanol–water partition coefficient (Wildman–Crippen LogP) is 5.69. The van der Waals surface area contributed by atoms with Crippen LogP contribution in [-0.2, 0) is 38.4 Å². The Kier molecular flexibility index (Phi) is 12.4. The van der Waals surface area contributed by atoms with Crippen LogP contribution in [0.4, 0.5) is 14.7 Å². The van der Waals surface area contributed by atoms with E-state index in [2.05, 4.69) is 15.8 Å². The van der Waals surface area contributed by atoms with Gasteiger partial charge in [-0.3, -0.25) is 14.5 Å². The number of thiazole rings is 1. The average Bonchev–Trinajstić information content (AvgIpc) is 3.98. The van der Waals surface area contributed by atoms with E-state index in [9.17, 15) is 29.1 Å². The van der Waals surface area contributed by atoms with Crippen LogP contribution in [0.1, 0.15) is 49.1 Å². The molecular formula is C42H44N6O10S2. The Bertz CT molecular complexity index is 2210. The fourth-order valence-corrected chi connectivity index (χ4v) is 11.5. The maximum absolute atomic E-state index is 14.4. The van der Waals surface area contributed by atoms with Crippen LogP contribution < -0.4 is 16.4 Å². The first-order valence-corrected chi connectivity index (χ1v) is 22.1. The largest absolute Gasteiger partial charge is 0.519 e. The first-order valence-electron chi connectivity index (χ1n) is 19.3. The molecule has 3 aliphatic rings. The number of β-lactam (4-membered cyclic amide) rings is 1. The number of amides is 3. The van der Waals surface area contributed by atoms with Crippen LogP contribution in [-0.4, -0.2) is 93.5 Å². The van der Waals surface area contributed by atoms with E-state index in [1.54, 1.807) is 19.2 Å². The van der Waals surface area contributed by atoms with Crippen LogP contribution in [0.15, 0.2) is 113 Å². The van der Waals surface area contributed by atoms with Gasteiger partial charge in [0.1, 0.15) is 41.6 Å². The number of carboxylic acid groups (broad SMARTS) is 1. The highest BCUT2D eigenvalue weighted by Crippen LogP contribution is 2.63. The fraction of sp³-hybridized carbons (Fsp3) is 0.310. The van der Waals surface area contributed by atoms with Gasteiger partial charge < -0.3 is 40.0 Å². The number of rotatable bonds is 17. The summed E-state index contributed by atoms with van der Waals surface area (Å²) in [6.45, 7) is 2.97. The number of primary amides is 1. The number of hydrogen-bond acceptors (Lipinski definition) is 13. The SMILES string of the molecule is CCOC(=O)OS1(CC)CC(COC(N)=O)=C(C(=O)O)N2C(=O)[C@@H](NC(=O)C(=NOCC3CC3)c3csc(NC(c4ccccc4)(c4ccccc4)c4ccccc4)n3)[C@H]21. The van der Waals surface area contributed by atoms with Crippen molar-refractivity contribution in [1.29, 1.82) is 0 Å². The number of nitrogens with zero attached hydrogens (tertiary/aromatic N) is 3. The normalized spacial score (nSPS) is 21.1. The molecular weight excluding hydrogens is 813 g/mol. The lowest BCUT2D eigenvalue weighted by Gasteiger charge is -2.60. The number of nitrogens with one attached hydrogen (secondary N) is 2. The van der Waals surface area contributed by atoms with Crippen LogP contribution in [0.25, 0.3) is 0 Å². The molecule has 2 aliphatic heterocycles. The molecule has 3 aromatic carbocycles. The van der Waals surface area contributed by atoms with Crippen molar-refractivity contribution in [2.75, 3.05) is 36.6 Å². The van der Waals surface area contributed by atoms with Gasteiger partial charge in [-0.05, 0) is 42.4 Å². The number of aliphatic carboxylic acids is 1. The summed E-state index contributed by atoms with van der Waals surface area (Å²) < 4.78 is 16.0. The lowest BCUT2D eigenvalue weighted by molar-refractivity contribution is -0.150. The Balaban J connectivity index is 1.24. The van der Waals surface area contributed by atoms with Crippen molar-refractivity contribution >= 4 is 62.5 Å². The third-order valence-corrected chi connectivity index (χ3v) is 14.8. The minimum absolute atomic E-state index is 0.00707. The van der Waals surface area contributed by atoms with E-state index >= 15 is 0 Å². The smallest absolute Gasteiger partial charge is 0.477 e. The van der Waals surface area contributed by atoms with Crippen LogP contribution in [0, 0.1) is 5.92 Å². The Hall–Kier alpha value is -6.40. The third kappa shape index (κ3) is 8.37. The maximum Gasteiger partial charge on any atom is 0.519 e. The van der Waals surface area contributed by atoms with Crippen LogP contribution in [0.2, 0.25) is 0 Å². The first-order chi connectivity index (χ1) is 29.0. The van der Waals surface area contributed by atoms with Gasteiger partial charge in [-0.1, -0.05) is 113 Å². The molecule has 0 bridgehead atoms. The maximum atomic E-state index is 14.4. The fourth-order valence-electron chi connectivity index (χ4n) is 7.39. The molecule has 3 heterocycles. The highest BCUT2D eigenvalue weighted by atomic mass is 32.3. The second-order valence-corrected chi connectivity index (χ2v) is 18.3. The van der Waals surface area contributed by atoms with Crippen LogP contribution in [0.5, 0.6) is 0 Å². The average molecular weight is 857 g/mol. The van der Waals surface area contributed by atoms with Gasteiger partial charge in [-0.15, -0.1) is 11.3 Å². The van der Waals surface area contributed by atoms with Gasteiger partial charge in [-0.25, -0.2) is 19.4 Å². The van der Waals surface area contributed by atoms with Gasteiger partial charge in [0.25, 0.3) is 11.8 Å². The summed E-state index contributed by atoms with van der Waals surface area (Å²) in [5.74, 6) is -2.89. The van der Waals surface area contributed by atoms with E-state index in [-0.39, 0.29) is 41.7 Å². The Morgan fingerprint density at radius 3 is 2.07 bits per heavy atom. The number of oxime groups is 1. The molecule has 2 fully saturated rings. The third-order valence-electron chi connectivity index (χ3n) is 10.4. The zero-order valence-corrected chi connectivity index (χ0v) is 34.4. The Labute approximate surface area is 351 Å². The van der Waals surface area contributed by atoms with Crippen molar-refractivity contribution in [2.45, 2.75) is 43.6 Å². The summed E-state index contributed by atoms with van der Waals surface area (Å²) in [5.41, 5.74) is 6.54. The summed E-state index contributed by atoms with van der Waals surface area (Å²) in [7, 11) is -2.83. The molecule has 1 saturated carbocycles. The number of anilines is 1. The second-order valence-electron chi connectivity index (χ2n) is 14.2. The van der Waals surface area contributed by atoms with Gasteiger partial charge >= 0.3 is 18.2 Å². The standard InChI is InChI=1S/C42H44N6O10S2/c1-3-55-41(54)58-60(4-2)25-27(23-56-39(43)53)34(38(51)52)48-36(50)33(37(48)60)45-35(49)32(47-57-22-26-20-21-26)31-24-59-40(44-31)46-42(28-14-8-5-9-15-28,29-16-10-6-11-17-29)30-18-12-7-13-19-30/h5-19,24,26,33,37H,3-4,20-23,25H2,1-2H3,(H2,43,53)(H,44,46)(H,45,49)(H,51,52)/t33-,37-/m1/s1. The predicted molar refractivity (Wildman–Crippen MR) is 224 cm³/mol. The summed E-state index contributed by atoms with van der Waals surface area (Å²) >= 11 is 1.24. The highest BCUT2D eigenvalue weighted by Gasteiger charge is 2.63. The number of benzene rings is 3. The highest BCUT2D eigenvalue weighted by molar-refractivity contribution is 8.30. The summed E-state index contributed by atoms with van der Waals surface area (Å²) in [6, 6.07) is 28.4. The van der Waals surface area contributed by atoms with E-state index in [1.165, 1.54) is 11.3 Å². The molecule has 60 heavy (non-hydrogen) atoms. The lowest BCUT2D eigenvalue weighted by atomic mass is 9.77. The molecule has 314 valence electrons. The second kappa shape index (κ2) is 17.8. The molecule has 1 aromatic heterocycles. The molecule has 0 radical (unpaired) electrons. The molecule has 18 heteroatoms. The monoisotopic (exact) mass is 856 g/mol. The van der Waals surface area contributed by atoms with Crippen molar-refractivity contribution in [2.24, 2.45) is 16.8 Å². The van der Waals surface area contributed by atoms with Crippen LogP contribution >= 0.6 is 21.6 Å². The minimum atomic E-state index is -2.83. The van der Waals surface area contributed by atoms with Gasteiger partial charge in [-0.2, -0.15) is 0 Å². The number of carbonyl (C=O) groups is 5. The summed E-state index contributed by atoms with van der Waals surface area (Å²) in [4.78, 5) is 77.1. The number of carbonyl (C=O) groups excluding carboxylic acids is 4. The molecule has 7 rings (SSSR count). The molecule has 1 saturated heterocycles. The van der Waals surface area contributed by atoms with Gasteiger partial charge in [0, 0.05) is 22.5 Å². The van der Waals surface area contributed by atoms with Gasteiger partial charge in [0.05, 0.1) is 6.61 Å². The topological polar surface area (TPSA) is 221 Å². The van der Waals surface area contributed by atoms with Gasteiger partial charge in [0.2, 0.25) is 0 Å². The molecule has 4 aromatic rings. The van der Waals surface area contributed by atoms with Crippen molar-refractivity contribution in [1.82, 2.24) is 15.2 Å². The zero-order chi connectivity index (χ0) is 42.4. The van der Waals surface area contributed by atoms with Crippen LogP contribution in [0.3, 0.4) is 0 Å². The minimum Gasteiger partial charge on any atom is -0.477 e. The number of ether oxygens (including phenoxy) is 2. The van der Waals surface area contributed by atoms with E-state index in [0.29, 0.717) is 11.0 Å². The van der Waals surface area contributed by atoms with Crippen molar-refractivity contribution in [3.8, 4) is 0 Å². The number of hydrogen-bond donors (Lipinski definition) is 4. The quantitative estimate of drug-likeness (QED) is 0.0331. The summed E-state index contributed by atoms with van der Waals surface area (Å²) in [6.07, 6.45) is -0.279. The van der Waals surface area contributed by atoms with E-state index in [1.807, 2.05) is 91.0 Å². The molecule has 3 amide bonds. The number of fused-ring (bicyclic) bond motifs is 1. The number of aromatic nitrogens is 1. The van der Waals surface area contributed by atoms with E-state index < -0.39 is 69.6 Å². The molecule has 1 aliphatic carbocycles. The van der Waals surface area contributed by atoms with Gasteiger partial charge in [0.15, 0.2) is 10.8 Å². The molecule has 0 spiro atoms. The van der Waals surface area contributed by atoms with Crippen molar-refractivity contribution < 1.29 is 47.6 Å². The molecule has 16 nitrogen and oxygen atoms in total. The molecule has 5 N–H and O–H groups in total. The molecule has 1 unspecified atom stereocenters. The van der Waals surface area contributed by atoms with E-state index in [4.69, 9.17) is 29.2 Å². The van der Waals surface area contributed by atoms with E-state index in [0.717, 1.165) is 34.4 Å². The molecule has 3 atom stereocenters. The number of carboxylic acids is 1. The lowest BCUT2D eigenvalue weighted by Crippen LogP contribution is -2.74. The first kappa shape index (κ1) is 41.7. The van der Waals surface area contributed by atoms with Crippen molar-refractivity contribution in [3.05, 3.63) is 130 Å². The Morgan fingerprint density at radius 1 is 0.950 bits per heavy atom. The number of nitrogens with two attached hydrogens (primary N) is 1. The Morgan fingerprint density at radius 2 is 1.55 bits per heavy atom. The summed E-state index contributed by atoms with van der Waals surface area (Å²) in [5, 5.41) is 22.0.